The Morgan fingerprint density at radius 2 is 2.12 bits per heavy atom. The minimum atomic E-state index is 0.285. The Bertz CT molecular complexity index is 351. The van der Waals surface area contributed by atoms with E-state index >= 15 is 0 Å². The average Bonchev–Trinajstić information content (AvgIpc) is 2.62. The molecule has 1 fully saturated rings. The van der Waals surface area contributed by atoms with Gasteiger partial charge in [-0.2, -0.15) is 0 Å². The van der Waals surface area contributed by atoms with Crippen LogP contribution < -0.4 is 5.73 Å². The van der Waals surface area contributed by atoms with Crippen molar-refractivity contribution in [3.05, 3.63) is 34.3 Å². The quantitative estimate of drug-likeness (QED) is 0.929. The molecule has 1 atom stereocenters. The molecule has 0 radical (unpaired) electrons. The highest BCUT2D eigenvalue weighted by atomic mass is 79.9. The number of ether oxygens (including phenoxy) is 1. The van der Waals surface area contributed by atoms with Crippen LogP contribution in [-0.2, 0) is 4.74 Å². The predicted octanol–water partition coefficient (Wildman–Crippen LogP) is 2.17. The zero-order valence-electron chi connectivity index (χ0n) is 9.94. The van der Waals surface area contributed by atoms with Crippen molar-refractivity contribution in [2.75, 3.05) is 32.8 Å². The van der Waals surface area contributed by atoms with E-state index in [-0.39, 0.29) is 6.04 Å². The first-order valence-corrected chi connectivity index (χ1v) is 6.88. The third-order valence-electron chi connectivity index (χ3n) is 3.19. The van der Waals surface area contributed by atoms with E-state index in [9.17, 15) is 0 Å². The van der Waals surface area contributed by atoms with Crippen molar-refractivity contribution in [2.24, 2.45) is 5.73 Å². The number of nitrogens with two attached hydrogens (primary N) is 1. The monoisotopic (exact) mass is 298 g/mol. The van der Waals surface area contributed by atoms with Crippen LogP contribution in [0.5, 0.6) is 0 Å². The Hall–Kier alpha value is -0.420. The third-order valence-corrected chi connectivity index (χ3v) is 3.91. The molecule has 4 heteroatoms. The summed E-state index contributed by atoms with van der Waals surface area (Å²) in [7, 11) is 0. The van der Waals surface area contributed by atoms with E-state index in [0.717, 1.165) is 37.2 Å². The Morgan fingerprint density at radius 3 is 2.88 bits per heavy atom. The molecule has 0 saturated carbocycles. The van der Waals surface area contributed by atoms with Crippen LogP contribution in [0.25, 0.3) is 0 Å². The fraction of sp³-hybridized carbons (Fsp3) is 0.538. The molecule has 1 aliphatic rings. The molecule has 1 unspecified atom stereocenters. The van der Waals surface area contributed by atoms with E-state index in [1.807, 2.05) is 6.07 Å². The van der Waals surface area contributed by atoms with Crippen molar-refractivity contribution in [1.82, 2.24) is 4.90 Å². The summed E-state index contributed by atoms with van der Waals surface area (Å²) in [5.41, 5.74) is 7.23. The molecular formula is C13H19BrN2O. The van der Waals surface area contributed by atoms with E-state index in [2.05, 4.69) is 39.0 Å². The van der Waals surface area contributed by atoms with Crippen molar-refractivity contribution < 1.29 is 4.74 Å². The van der Waals surface area contributed by atoms with Gasteiger partial charge in [-0.25, -0.2) is 0 Å². The number of hydrogen-bond acceptors (Lipinski definition) is 3. The Morgan fingerprint density at radius 1 is 1.29 bits per heavy atom. The fourth-order valence-electron chi connectivity index (χ4n) is 2.30. The van der Waals surface area contributed by atoms with Crippen LogP contribution in [0.15, 0.2) is 28.7 Å². The lowest BCUT2D eigenvalue weighted by Crippen LogP contribution is -2.35. The Balaban J connectivity index is 2.17. The number of rotatable bonds is 3. The van der Waals surface area contributed by atoms with Gasteiger partial charge in [0.25, 0.3) is 0 Å². The average molecular weight is 299 g/mol. The first-order chi connectivity index (χ1) is 8.33. The van der Waals surface area contributed by atoms with Gasteiger partial charge in [0.05, 0.1) is 6.61 Å². The molecule has 0 amide bonds. The van der Waals surface area contributed by atoms with E-state index in [4.69, 9.17) is 10.5 Å². The molecule has 2 N–H and O–H groups in total. The SMILES string of the molecule is NCC(c1ccccc1Br)N1CCCOCC1. The smallest absolute Gasteiger partial charge is 0.0593 e. The number of benzene rings is 1. The normalized spacial score (nSPS) is 19.9. The molecule has 0 aromatic heterocycles. The molecule has 94 valence electrons. The Kier molecular flexibility index (Phi) is 4.98. The largest absolute Gasteiger partial charge is 0.380 e. The third kappa shape index (κ3) is 3.28. The van der Waals surface area contributed by atoms with Gasteiger partial charge in [0, 0.05) is 36.8 Å². The highest BCUT2D eigenvalue weighted by molar-refractivity contribution is 9.10. The predicted molar refractivity (Wildman–Crippen MR) is 72.9 cm³/mol. The van der Waals surface area contributed by atoms with Gasteiger partial charge in [-0.05, 0) is 18.1 Å². The van der Waals surface area contributed by atoms with Gasteiger partial charge in [-0.15, -0.1) is 0 Å². The summed E-state index contributed by atoms with van der Waals surface area (Å²) in [6, 6.07) is 8.61. The minimum absolute atomic E-state index is 0.285. The first-order valence-electron chi connectivity index (χ1n) is 6.09. The van der Waals surface area contributed by atoms with Crippen LogP contribution in [-0.4, -0.2) is 37.7 Å². The minimum Gasteiger partial charge on any atom is -0.380 e. The van der Waals surface area contributed by atoms with Gasteiger partial charge in [-0.1, -0.05) is 34.1 Å². The molecule has 1 aromatic rings. The molecule has 1 aromatic carbocycles. The summed E-state index contributed by atoms with van der Waals surface area (Å²) < 4.78 is 6.63. The maximum atomic E-state index is 5.95. The maximum absolute atomic E-state index is 5.95. The van der Waals surface area contributed by atoms with Crippen LogP contribution in [0.2, 0.25) is 0 Å². The molecule has 1 saturated heterocycles. The molecule has 0 aliphatic carbocycles. The van der Waals surface area contributed by atoms with Crippen molar-refractivity contribution in [3.63, 3.8) is 0 Å². The van der Waals surface area contributed by atoms with Crippen molar-refractivity contribution >= 4 is 15.9 Å². The second-order valence-electron chi connectivity index (χ2n) is 4.27. The van der Waals surface area contributed by atoms with Gasteiger partial charge < -0.3 is 10.5 Å². The number of nitrogens with zero attached hydrogens (tertiary/aromatic N) is 1. The summed E-state index contributed by atoms with van der Waals surface area (Å²) in [5, 5.41) is 0. The van der Waals surface area contributed by atoms with Crippen molar-refractivity contribution in [3.8, 4) is 0 Å². The summed E-state index contributed by atoms with van der Waals surface area (Å²) in [5.74, 6) is 0. The molecule has 2 rings (SSSR count). The van der Waals surface area contributed by atoms with Crippen LogP contribution in [0, 0.1) is 0 Å². The molecule has 1 aliphatic heterocycles. The van der Waals surface area contributed by atoms with Gasteiger partial charge >= 0.3 is 0 Å². The molecular weight excluding hydrogens is 280 g/mol. The highest BCUT2D eigenvalue weighted by Gasteiger charge is 2.21. The topological polar surface area (TPSA) is 38.5 Å². The zero-order valence-corrected chi connectivity index (χ0v) is 11.5. The lowest BCUT2D eigenvalue weighted by molar-refractivity contribution is 0.132. The zero-order chi connectivity index (χ0) is 12.1. The lowest BCUT2D eigenvalue weighted by Gasteiger charge is -2.30. The van der Waals surface area contributed by atoms with Gasteiger partial charge in [0.1, 0.15) is 0 Å². The highest BCUT2D eigenvalue weighted by Crippen LogP contribution is 2.27. The van der Waals surface area contributed by atoms with Crippen molar-refractivity contribution in [2.45, 2.75) is 12.5 Å². The second kappa shape index (κ2) is 6.50. The lowest BCUT2D eigenvalue weighted by atomic mass is 10.1. The number of halogens is 1. The molecule has 0 bridgehead atoms. The summed E-state index contributed by atoms with van der Waals surface area (Å²) in [4.78, 5) is 2.42. The van der Waals surface area contributed by atoms with E-state index in [1.54, 1.807) is 0 Å². The van der Waals surface area contributed by atoms with Gasteiger partial charge in [0.15, 0.2) is 0 Å². The maximum Gasteiger partial charge on any atom is 0.0593 e. The first kappa shape index (κ1) is 13.0. The van der Waals surface area contributed by atoms with Gasteiger partial charge in [-0.3, -0.25) is 4.90 Å². The molecule has 1 heterocycles. The molecule has 0 spiro atoms. The van der Waals surface area contributed by atoms with E-state index in [1.165, 1.54) is 5.56 Å². The summed E-state index contributed by atoms with van der Waals surface area (Å²) in [6.07, 6.45) is 1.08. The fourth-order valence-corrected chi connectivity index (χ4v) is 2.84. The van der Waals surface area contributed by atoms with Crippen LogP contribution in [0.1, 0.15) is 18.0 Å². The molecule has 17 heavy (non-hydrogen) atoms. The van der Waals surface area contributed by atoms with Crippen LogP contribution in [0.4, 0.5) is 0 Å². The summed E-state index contributed by atoms with van der Waals surface area (Å²) >= 11 is 3.61. The van der Waals surface area contributed by atoms with Crippen LogP contribution >= 0.6 is 15.9 Å². The van der Waals surface area contributed by atoms with Crippen LogP contribution in [0.3, 0.4) is 0 Å². The van der Waals surface area contributed by atoms with E-state index in [0.29, 0.717) is 6.54 Å². The van der Waals surface area contributed by atoms with E-state index < -0.39 is 0 Å². The second-order valence-corrected chi connectivity index (χ2v) is 5.13. The Labute approximate surface area is 111 Å². The standard InChI is InChI=1S/C13H19BrN2O/c14-12-5-2-1-4-11(12)13(10-15)16-6-3-8-17-9-7-16/h1-2,4-5,13H,3,6-10,15H2. The number of hydrogen-bond donors (Lipinski definition) is 1. The summed E-state index contributed by atoms with van der Waals surface area (Å²) in [6.45, 7) is 4.33. The van der Waals surface area contributed by atoms with Crippen molar-refractivity contribution in [1.29, 1.82) is 0 Å². The molecule has 3 nitrogen and oxygen atoms in total. The van der Waals surface area contributed by atoms with Gasteiger partial charge in [0.2, 0.25) is 0 Å².